The standard InChI is InChI=1S/C15H23N/c1-4-8-15(9-5-2)11-16-14-7-6-12(3)10-13(14)15/h6-7,10,16H,4-5,8-9,11H2,1-3H3. The molecule has 0 bridgehead atoms. The van der Waals surface area contributed by atoms with Crippen molar-refractivity contribution in [2.24, 2.45) is 0 Å². The van der Waals surface area contributed by atoms with Gasteiger partial charge in [-0.1, -0.05) is 44.4 Å². The molecule has 1 heteroatoms. The lowest BCUT2D eigenvalue weighted by Crippen LogP contribution is -2.28. The fourth-order valence-corrected chi connectivity index (χ4v) is 3.14. The van der Waals surface area contributed by atoms with E-state index in [1.54, 1.807) is 5.56 Å². The Hall–Kier alpha value is -0.980. The summed E-state index contributed by atoms with van der Waals surface area (Å²) in [4.78, 5) is 0. The molecular weight excluding hydrogens is 194 g/mol. The van der Waals surface area contributed by atoms with Gasteiger partial charge in [0.2, 0.25) is 0 Å². The molecule has 2 rings (SSSR count). The van der Waals surface area contributed by atoms with Crippen molar-refractivity contribution in [3.8, 4) is 0 Å². The Morgan fingerprint density at radius 2 is 1.88 bits per heavy atom. The highest BCUT2D eigenvalue weighted by atomic mass is 14.9. The lowest BCUT2D eigenvalue weighted by molar-refractivity contribution is 0.391. The fraction of sp³-hybridized carbons (Fsp3) is 0.600. The van der Waals surface area contributed by atoms with Crippen LogP contribution in [-0.4, -0.2) is 6.54 Å². The van der Waals surface area contributed by atoms with Crippen LogP contribution in [0.2, 0.25) is 0 Å². The zero-order chi connectivity index (χ0) is 11.6. The molecule has 1 nitrogen and oxygen atoms in total. The smallest absolute Gasteiger partial charge is 0.0379 e. The molecule has 1 N–H and O–H groups in total. The van der Waals surface area contributed by atoms with Gasteiger partial charge in [-0.2, -0.15) is 0 Å². The second kappa shape index (κ2) is 4.48. The first-order valence-corrected chi connectivity index (χ1v) is 6.57. The van der Waals surface area contributed by atoms with E-state index in [1.165, 1.54) is 36.9 Å². The summed E-state index contributed by atoms with van der Waals surface area (Å²) in [5.41, 5.74) is 4.73. The van der Waals surface area contributed by atoms with Crippen molar-refractivity contribution in [2.45, 2.75) is 51.9 Å². The summed E-state index contributed by atoms with van der Waals surface area (Å²) in [7, 11) is 0. The van der Waals surface area contributed by atoms with Crippen molar-refractivity contribution >= 4 is 5.69 Å². The molecule has 1 aliphatic rings. The third-order valence-electron chi connectivity index (χ3n) is 3.82. The van der Waals surface area contributed by atoms with Crippen molar-refractivity contribution in [1.82, 2.24) is 0 Å². The van der Waals surface area contributed by atoms with Gasteiger partial charge >= 0.3 is 0 Å². The topological polar surface area (TPSA) is 12.0 Å². The van der Waals surface area contributed by atoms with E-state index in [9.17, 15) is 0 Å². The van der Waals surface area contributed by atoms with Crippen molar-refractivity contribution in [1.29, 1.82) is 0 Å². The van der Waals surface area contributed by atoms with Crippen LogP contribution < -0.4 is 5.32 Å². The molecule has 16 heavy (non-hydrogen) atoms. The van der Waals surface area contributed by atoms with Crippen LogP contribution in [0, 0.1) is 6.92 Å². The van der Waals surface area contributed by atoms with Crippen LogP contribution in [0.15, 0.2) is 18.2 Å². The molecule has 0 radical (unpaired) electrons. The van der Waals surface area contributed by atoms with Crippen LogP contribution in [0.5, 0.6) is 0 Å². The molecule has 1 aromatic rings. The Balaban J connectivity index is 2.40. The third-order valence-corrected chi connectivity index (χ3v) is 3.82. The first-order valence-electron chi connectivity index (χ1n) is 6.57. The van der Waals surface area contributed by atoms with E-state index in [0.29, 0.717) is 5.41 Å². The second-order valence-corrected chi connectivity index (χ2v) is 5.18. The zero-order valence-electron chi connectivity index (χ0n) is 10.8. The van der Waals surface area contributed by atoms with Crippen LogP contribution in [-0.2, 0) is 5.41 Å². The van der Waals surface area contributed by atoms with E-state index in [4.69, 9.17) is 0 Å². The van der Waals surface area contributed by atoms with Gasteiger partial charge in [-0.05, 0) is 31.4 Å². The molecule has 88 valence electrons. The van der Waals surface area contributed by atoms with E-state index >= 15 is 0 Å². The third kappa shape index (κ3) is 1.83. The molecule has 0 unspecified atom stereocenters. The molecule has 1 aliphatic heterocycles. The summed E-state index contributed by atoms with van der Waals surface area (Å²) in [6, 6.07) is 6.85. The quantitative estimate of drug-likeness (QED) is 0.794. The van der Waals surface area contributed by atoms with Gasteiger partial charge in [0, 0.05) is 17.6 Å². The Bertz CT molecular complexity index is 356. The SMILES string of the molecule is CCCC1(CCC)CNc2ccc(C)cc21. The Morgan fingerprint density at radius 1 is 1.19 bits per heavy atom. The number of benzene rings is 1. The maximum atomic E-state index is 3.59. The number of aryl methyl sites for hydroxylation is 1. The number of rotatable bonds is 4. The van der Waals surface area contributed by atoms with Crippen LogP contribution >= 0.6 is 0 Å². The Morgan fingerprint density at radius 3 is 2.50 bits per heavy atom. The lowest BCUT2D eigenvalue weighted by Gasteiger charge is -2.29. The predicted octanol–water partition coefficient (Wildman–Crippen LogP) is 4.26. The van der Waals surface area contributed by atoms with Gasteiger partial charge in [0.25, 0.3) is 0 Å². The van der Waals surface area contributed by atoms with Crippen LogP contribution in [0.3, 0.4) is 0 Å². The van der Waals surface area contributed by atoms with E-state index < -0.39 is 0 Å². The minimum Gasteiger partial charge on any atom is -0.384 e. The van der Waals surface area contributed by atoms with Gasteiger partial charge < -0.3 is 5.32 Å². The van der Waals surface area contributed by atoms with Gasteiger partial charge in [0.05, 0.1) is 0 Å². The second-order valence-electron chi connectivity index (χ2n) is 5.18. The van der Waals surface area contributed by atoms with E-state index in [2.05, 4.69) is 44.3 Å². The van der Waals surface area contributed by atoms with Gasteiger partial charge in [0.15, 0.2) is 0 Å². The average Bonchev–Trinajstić information content (AvgIpc) is 2.59. The van der Waals surface area contributed by atoms with Gasteiger partial charge in [0.1, 0.15) is 0 Å². The summed E-state index contributed by atoms with van der Waals surface area (Å²) in [5, 5.41) is 3.59. The minimum absolute atomic E-state index is 0.408. The van der Waals surface area contributed by atoms with Crippen molar-refractivity contribution in [2.75, 3.05) is 11.9 Å². The lowest BCUT2D eigenvalue weighted by atomic mass is 9.75. The molecule has 0 fully saturated rings. The van der Waals surface area contributed by atoms with E-state index in [0.717, 1.165) is 6.54 Å². The van der Waals surface area contributed by atoms with E-state index in [-0.39, 0.29) is 0 Å². The number of anilines is 1. The minimum atomic E-state index is 0.408. The monoisotopic (exact) mass is 217 g/mol. The molecule has 0 saturated carbocycles. The molecule has 1 heterocycles. The van der Waals surface area contributed by atoms with E-state index in [1.807, 2.05) is 0 Å². The highest BCUT2D eigenvalue weighted by Crippen LogP contribution is 2.43. The molecule has 0 spiro atoms. The molecule has 0 atom stereocenters. The molecule has 0 amide bonds. The predicted molar refractivity (Wildman–Crippen MR) is 71.2 cm³/mol. The van der Waals surface area contributed by atoms with Gasteiger partial charge in [-0.15, -0.1) is 0 Å². The summed E-state index contributed by atoms with van der Waals surface area (Å²) < 4.78 is 0. The summed E-state index contributed by atoms with van der Waals surface area (Å²) in [6.07, 6.45) is 5.17. The highest BCUT2D eigenvalue weighted by Gasteiger charge is 2.36. The highest BCUT2D eigenvalue weighted by molar-refractivity contribution is 5.61. The fourth-order valence-electron chi connectivity index (χ4n) is 3.14. The van der Waals surface area contributed by atoms with Gasteiger partial charge in [-0.25, -0.2) is 0 Å². The molecule has 0 aromatic heterocycles. The normalized spacial score (nSPS) is 16.9. The van der Waals surface area contributed by atoms with Gasteiger partial charge in [-0.3, -0.25) is 0 Å². The number of hydrogen-bond acceptors (Lipinski definition) is 1. The summed E-state index contributed by atoms with van der Waals surface area (Å²) in [6.45, 7) is 7.92. The Kier molecular flexibility index (Phi) is 3.22. The largest absolute Gasteiger partial charge is 0.384 e. The first kappa shape index (κ1) is 11.5. The van der Waals surface area contributed by atoms with Crippen molar-refractivity contribution in [3.63, 3.8) is 0 Å². The maximum Gasteiger partial charge on any atom is 0.0379 e. The number of fused-ring (bicyclic) bond motifs is 1. The van der Waals surface area contributed by atoms with Crippen molar-refractivity contribution in [3.05, 3.63) is 29.3 Å². The first-order chi connectivity index (χ1) is 7.72. The van der Waals surface area contributed by atoms with Crippen LogP contribution in [0.4, 0.5) is 5.69 Å². The number of hydrogen-bond donors (Lipinski definition) is 1. The molecule has 0 aliphatic carbocycles. The average molecular weight is 217 g/mol. The van der Waals surface area contributed by atoms with Crippen LogP contribution in [0.1, 0.15) is 50.7 Å². The molecular formula is C15H23N. The Labute approximate surface area is 99.3 Å². The maximum absolute atomic E-state index is 3.59. The number of nitrogens with one attached hydrogen (secondary N) is 1. The van der Waals surface area contributed by atoms with Crippen molar-refractivity contribution < 1.29 is 0 Å². The van der Waals surface area contributed by atoms with Crippen LogP contribution in [0.25, 0.3) is 0 Å². The summed E-state index contributed by atoms with van der Waals surface area (Å²) >= 11 is 0. The molecule has 0 saturated heterocycles. The summed E-state index contributed by atoms with van der Waals surface area (Å²) in [5.74, 6) is 0. The molecule has 1 aromatic carbocycles. The zero-order valence-corrected chi connectivity index (χ0v) is 10.8.